The summed E-state index contributed by atoms with van der Waals surface area (Å²) in [6.45, 7) is 7.82. The van der Waals surface area contributed by atoms with Gasteiger partial charge in [-0.25, -0.2) is 0 Å². The monoisotopic (exact) mass is 221 g/mol. The molecule has 2 unspecified atom stereocenters. The molecule has 0 radical (unpaired) electrons. The van der Waals surface area contributed by atoms with Crippen LogP contribution in [0.3, 0.4) is 0 Å². The highest BCUT2D eigenvalue weighted by atomic mass is 35.5. The molecular formula is C10H20ClNS. The lowest BCUT2D eigenvalue weighted by Crippen LogP contribution is -2.58. The van der Waals surface area contributed by atoms with E-state index in [1.165, 1.54) is 11.5 Å². The SMILES string of the molecule is CCSCCNC1CC(Cl)C1(C)C. The van der Waals surface area contributed by atoms with E-state index in [1.807, 2.05) is 11.8 Å². The highest BCUT2D eigenvalue weighted by molar-refractivity contribution is 7.99. The third-order valence-electron chi connectivity index (χ3n) is 2.99. The molecule has 0 aromatic rings. The predicted molar refractivity (Wildman–Crippen MR) is 62.8 cm³/mol. The van der Waals surface area contributed by atoms with E-state index in [9.17, 15) is 0 Å². The molecule has 0 heterocycles. The van der Waals surface area contributed by atoms with Crippen molar-refractivity contribution >= 4 is 23.4 Å². The highest BCUT2D eigenvalue weighted by Crippen LogP contribution is 2.44. The molecule has 0 aromatic carbocycles. The average Bonchev–Trinajstić information content (AvgIpc) is 2.10. The van der Waals surface area contributed by atoms with E-state index < -0.39 is 0 Å². The second-order valence-electron chi connectivity index (χ2n) is 4.23. The first kappa shape index (κ1) is 11.7. The van der Waals surface area contributed by atoms with Crippen LogP contribution in [0.15, 0.2) is 0 Å². The van der Waals surface area contributed by atoms with Crippen molar-refractivity contribution < 1.29 is 0 Å². The number of hydrogen-bond acceptors (Lipinski definition) is 2. The zero-order chi connectivity index (χ0) is 9.90. The third kappa shape index (κ3) is 2.77. The van der Waals surface area contributed by atoms with Crippen LogP contribution in [0, 0.1) is 5.41 Å². The first-order chi connectivity index (χ1) is 6.09. The van der Waals surface area contributed by atoms with Crippen LogP contribution in [0.2, 0.25) is 0 Å². The van der Waals surface area contributed by atoms with E-state index in [-0.39, 0.29) is 0 Å². The summed E-state index contributed by atoms with van der Waals surface area (Å²) >= 11 is 8.12. The molecule has 78 valence electrons. The van der Waals surface area contributed by atoms with E-state index in [0.717, 1.165) is 13.0 Å². The van der Waals surface area contributed by atoms with Crippen LogP contribution in [-0.2, 0) is 0 Å². The summed E-state index contributed by atoms with van der Waals surface area (Å²) in [5, 5.41) is 3.93. The smallest absolute Gasteiger partial charge is 0.0416 e. The van der Waals surface area contributed by atoms with Crippen LogP contribution in [0.1, 0.15) is 27.2 Å². The molecule has 1 saturated carbocycles. The summed E-state index contributed by atoms with van der Waals surface area (Å²) in [6.07, 6.45) is 1.13. The number of thioether (sulfide) groups is 1. The Morgan fingerprint density at radius 1 is 1.54 bits per heavy atom. The van der Waals surface area contributed by atoms with Gasteiger partial charge in [-0.3, -0.25) is 0 Å². The Hall–Kier alpha value is 0.600. The van der Waals surface area contributed by atoms with Gasteiger partial charge in [-0.1, -0.05) is 20.8 Å². The zero-order valence-corrected chi connectivity index (χ0v) is 10.3. The Bertz CT molecular complexity index is 161. The van der Waals surface area contributed by atoms with Gasteiger partial charge in [0.1, 0.15) is 0 Å². The maximum Gasteiger partial charge on any atom is 0.0416 e. The quantitative estimate of drug-likeness (QED) is 0.566. The van der Waals surface area contributed by atoms with Crippen molar-refractivity contribution in [1.82, 2.24) is 5.32 Å². The number of rotatable bonds is 5. The van der Waals surface area contributed by atoms with E-state index in [0.29, 0.717) is 16.8 Å². The minimum Gasteiger partial charge on any atom is -0.313 e. The number of alkyl halides is 1. The van der Waals surface area contributed by atoms with Gasteiger partial charge < -0.3 is 5.32 Å². The van der Waals surface area contributed by atoms with Crippen molar-refractivity contribution in [3.63, 3.8) is 0 Å². The second kappa shape index (κ2) is 4.90. The van der Waals surface area contributed by atoms with Gasteiger partial charge in [0.15, 0.2) is 0 Å². The molecule has 1 aliphatic carbocycles. The summed E-state index contributed by atoms with van der Waals surface area (Å²) in [5.41, 5.74) is 0.290. The fourth-order valence-electron chi connectivity index (χ4n) is 1.67. The highest BCUT2D eigenvalue weighted by Gasteiger charge is 2.46. The van der Waals surface area contributed by atoms with Crippen molar-refractivity contribution in [3.8, 4) is 0 Å². The lowest BCUT2D eigenvalue weighted by molar-refractivity contribution is 0.119. The molecular weight excluding hydrogens is 202 g/mol. The van der Waals surface area contributed by atoms with Crippen LogP contribution in [0.5, 0.6) is 0 Å². The molecule has 0 aliphatic heterocycles. The lowest BCUT2D eigenvalue weighted by atomic mass is 9.67. The Labute approximate surface area is 91.0 Å². The molecule has 13 heavy (non-hydrogen) atoms. The third-order valence-corrected chi connectivity index (χ3v) is 4.63. The average molecular weight is 222 g/mol. The molecule has 0 bridgehead atoms. The minimum atomic E-state index is 0.290. The van der Waals surface area contributed by atoms with E-state index in [2.05, 4.69) is 26.1 Å². The molecule has 3 heteroatoms. The van der Waals surface area contributed by atoms with E-state index in [4.69, 9.17) is 11.6 Å². The Morgan fingerprint density at radius 3 is 2.69 bits per heavy atom. The Balaban J connectivity index is 2.10. The van der Waals surface area contributed by atoms with Crippen LogP contribution in [-0.4, -0.2) is 29.5 Å². The van der Waals surface area contributed by atoms with Crippen LogP contribution < -0.4 is 5.32 Å². The summed E-state index contributed by atoms with van der Waals surface area (Å²) in [4.78, 5) is 0. The fourth-order valence-corrected chi connectivity index (χ4v) is 2.55. The second-order valence-corrected chi connectivity index (χ2v) is 6.15. The van der Waals surface area contributed by atoms with Gasteiger partial charge in [-0.2, -0.15) is 11.8 Å². The van der Waals surface area contributed by atoms with Gasteiger partial charge in [-0.15, -0.1) is 11.6 Å². The maximum atomic E-state index is 6.13. The van der Waals surface area contributed by atoms with Crippen LogP contribution in [0.4, 0.5) is 0 Å². The molecule has 0 aromatic heterocycles. The molecule has 1 aliphatic rings. The zero-order valence-electron chi connectivity index (χ0n) is 8.77. The molecule has 1 nitrogen and oxygen atoms in total. The van der Waals surface area contributed by atoms with Crippen molar-refractivity contribution in [2.75, 3.05) is 18.1 Å². The first-order valence-corrected chi connectivity index (χ1v) is 6.63. The lowest BCUT2D eigenvalue weighted by Gasteiger charge is -2.49. The largest absolute Gasteiger partial charge is 0.313 e. The van der Waals surface area contributed by atoms with Gasteiger partial charge >= 0.3 is 0 Å². The Kier molecular flexibility index (Phi) is 4.40. The molecule has 1 fully saturated rings. The summed E-state index contributed by atoms with van der Waals surface area (Å²) in [7, 11) is 0. The fraction of sp³-hybridized carbons (Fsp3) is 1.00. The van der Waals surface area contributed by atoms with Crippen LogP contribution >= 0.6 is 23.4 Å². The summed E-state index contributed by atoms with van der Waals surface area (Å²) in [5.74, 6) is 2.43. The van der Waals surface area contributed by atoms with Gasteiger partial charge in [-0.05, 0) is 17.6 Å². The molecule has 1 rings (SSSR count). The molecule has 0 amide bonds. The minimum absolute atomic E-state index is 0.290. The number of halogens is 1. The summed E-state index contributed by atoms with van der Waals surface area (Å²) in [6, 6.07) is 0.632. The van der Waals surface area contributed by atoms with Crippen molar-refractivity contribution in [3.05, 3.63) is 0 Å². The first-order valence-electron chi connectivity index (χ1n) is 5.04. The maximum absolute atomic E-state index is 6.13. The molecule has 2 atom stereocenters. The topological polar surface area (TPSA) is 12.0 Å². The van der Waals surface area contributed by atoms with Gasteiger partial charge in [0.2, 0.25) is 0 Å². The van der Waals surface area contributed by atoms with Crippen molar-refractivity contribution in [2.24, 2.45) is 5.41 Å². The van der Waals surface area contributed by atoms with Gasteiger partial charge in [0.05, 0.1) is 0 Å². The normalized spacial score (nSPS) is 31.4. The predicted octanol–water partition coefficient (Wildman–Crippen LogP) is 2.74. The van der Waals surface area contributed by atoms with E-state index in [1.54, 1.807) is 0 Å². The number of nitrogens with one attached hydrogen (secondary N) is 1. The molecule has 0 saturated heterocycles. The van der Waals surface area contributed by atoms with Crippen molar-refractivity contribution in [1.29, 1.82) is 0 Å². The standard InChI is InChI=1S/C10H20ClNS/c1-4-13-6-5-12-9-7-8(11)10(9,2)3/h8-9,12H,4-7H2,1-3H3. The van der Waals surface area contributed by atoms with E-state index >= 15 is 0 Å². The molecule has 1 N–H and O–H groups in total. The summed E-state index contributed by atoms with van der Waals surface area (Å²) < 4.78 is 0. The van der Waals surface area contributed by atoms with Gasteiger partial charge in [0, 0.05) is 23.7 Å². The number of hydrogen-bond donors (Lipinski definition) is 1. The van der Waals surface area contributed by atoms with Gasteiger partial charge in [0.25, 0.3) is 0 Å². The van der Waals surface area contributed by atoms with Crippen molar-refractivity contribution in [2.45, 2.75) is 38.6 Å². The Morgan fingerprint density at radius 2 is 2.23 bits per heavy atom. The molecule has 0 spiro atoms. The van der Waals surface area contributed by atoms with Crippen LogP contribution in [0.25, 0.3) is 0 Å².